The number of hydrogen-bond acceptors (Lipinski definition) is 4. The van der Waals surface area contributed by atoms with Gasteiger partial charge in [-0.05, 0) is 43.7 Å². The third-order valence-electron chi connectivity index (χ3n) is 4.17. The molecule has 0 aliphatic rings. The van der Waals surface area contributed by atoms with E-state index in [9.17, 15) is 28.3 Å². The summed E-state index contributed by atoms with van der Waals surface area (Å²) in [5.74, 6) is -1.23. The molecule has 1 unspecified atom stereocenters. The number of aliphatic carboxylic acids is 1. The monoisotopic (exact) mass is 439 g/mol. The van der Waals surface area contributed by atoms with E-state index in [-0.39, 0.29) is 34.3 Å². The Balaban J connectivity index is 2.36. The van der Waals surface area contributed by atoms with E-state index in [1.807, 2.05) is 6.07 Å². The van der Waals surface area contributed by atoms with Gasteiger partial charge in [0.1, 0.15) is 23.3 Å². The Morgan fingerprint density at radius 3 is 2.50 bits per heavy atom. The van der Waals surface area contributed by atoms with Crippen LogP contribution in [0.1, 0.15) is 30.9 Å². The Kier molecular flexibility index (Phi) is 7.00. The molecule has 0 aliphatic carbocycles. The molecule has 0 radical (unpaired) electrons. The van der Waals surface area contributed by atoms with E-state index in [4.69, 9.17) is 21.1 Å². The van der Waals surface area contributed by atoms with Gasteiger partial charge in [0, 0.05) is 12.5 Å². The number of allylic oxidation sites excluding steroid dienone is 1. The number of carboxylic acids is 1. The van der Waals surface area contributed by atoms with Crippen LogP contribution in [0, 0.1) is 11.3 Å². The zero-order chi connectivity index (χ0) is 22.5. The second-order valence-electron chi connectivity index (χ2n) is 6.48. The summed E-state index contributed by atoms with van der Waals surface area (Å²) in [6, 6.07) is 8.52. The minimum atomic E-state index is -4.55. The second-order valence-corrected chi connectivity index (χ2v) is 6.89. The number of rotatable bonds is 8. The summed E-state index contributed by atoms with van der Waals surface area (Å²) in [7, 11) is 0. The van der Waals surface area contributed by atoms with Gasteiger partial charge < -0.3 is 14.6 Å². The predicted octanol–water partition coefficient (Wildman–Crippen LogP) is 6.21. The molecule has 1 N–H and O–H groups in total. The Morgan fingerprint density at radius 1 is 1.27 bits per heavy atom. The number of nitrogens with zero attached hydrogens (tertiary/aromatic N) is 1. The van der Waals surface area contributed by atoms with Crippen molar-refractivity contribution in [2.45, 2.75) is 31.5 Å². The van der Waals surface area contributed by atoms with Gasteiger partial charge in [0.05, 0.1) is 16.1 Å². The van der Waals surface area contributed by atoms with Crippen molar-refractivity contribution in [3.8, 4) is 23.3 Å². The standard InChI is InChI=1S/C21H17ClF3NO4/c1-3-4-9-20(2,19(27)28)30-18-11-15(7-5-13(18)12-26)29-17-8-6-14(10-16(17)22)21(23,24)25/h3,5-8,10-11H,1,4,9H2,2H3,(H,27,28). The first kappa shape index (κ1) is 23.1. The summed E-state index contributed by atoms with van der Waals surface area (Å²) < 4.78 is 49.5. The highest BCUT2D eigenvalue weighted by Crippen LogP contribution is 2.38. The molecule has 2 aromatic carbocycles. The molecule has 1 atom stereocenters. The van der Waals surface area contributed by atoms with Crippen molar-refractivity contribution in [2.24, 2.45) is 0 Å². The maximum absolute atomic E-state index is 12.8. The van der Waals surface area contributed by atoms with Crippen molar-refractivity contribution >= 4 is 17.6 Å². The van der Waals surface area contributed by atoms with E-state index in [2.05, 4.69) is 6.58 Å². The zero-order valence-electron chi connectivity index (χ0n) is 15.8. The van der Waals surface area contributed by atoms with Gasteiger partial charge in [0.2, 0.25) is 5.60 Å². The number of hydrogen-bond donors (Lipinski definition) is 1. The Bertz CT molecular complexity index is 1000. The average molecular weight is 440 g/mol. The van der Waals surface area contributed by atoms with Crippen LogP contribution >= 0.6 is 11.6 Å². The third-order valence-corrected chi connectivity index (χ3v) is 4.47. The van der Waals surface area contributed by atoms with Crippen molar-refractivity contribution in [2.75, 3.05) is 0 Å². The molecule has 30 heavy (non-hydrogen) atoms. The first-order chi connectivity index (χ1) is 14.0. The normalized spacial score (nSPS) is 13.1. The van der Waals surface area contributed by atoms with Crippen LogP contribution in [0.4, 0.5) is 13.2 Å². The van der Waals surface area contributed by atoms with Gasteiger partial charge in [-0.3, -0.25) is 0 Å². The van der Waals surface area contributed by atoms with Crippen LogP contribution < -0.4 is 9.47 Å². The van der Waals surface area contributed by atoms with E-state index in [1.165, 1.54) is 25.1 Å². The molecule has 0 fully saturated rings. The molecule has 9 heteroatoms. The third kappa shape index (κ3) is 5.45. The van der Waals surface area contributed by atoms with Crippen LogP contribution in [0.3, 0.4) is 0 Å². The van der Waals surface area contributed by atoms with E-state index in [1.54, 1.807) is 6.08 Å². The summed E-state index contributed by atoms with van der Waals surface area (Å²) in [5, 5.41) is 18.6. The van der Waals surface area contributed by atoms with Crippen molar-refractivity contribution in [1.29, 1.82) is 5.26 Å². The number of ether oxygens (including phenoxy) is 2. The van der Waals surface area contributed by atoms with Gasteiger partial charge >= 0.3 is 12.1 Å². The number of halogens is 4. The lowest BCUT2D eigenvalue weighted by molar-refractivity contribution is -0.154. The summed E-state index contributed by atoms with van der Waals surface area (Å²) in [4.78, 5) is 11.7. The van der Waals surface area contributed by atoms with Crippen LogP contribution in [0.5, 0.6) is 17.2 Å². The van der Waals surface area contributed by atoms with E-state index in [0.717, 1.165) is 18.2 Å². The second kappa shape index (κ2) is 9.09. The van der Waals surface area contributed by atoms with Gasteiger partial charge in [-0.2, -0.15) is 18.4 Å². The van der Waals surface area contributed by atoms with Crippen molar-refractivity contribution in [3.63, 3.8) is 0 Å². The molecule has 0 amide bonds. The average Bonchev–Trinajstić information content (AvgIpc) is 2.67. The van der Waals surface area contributed by atoms with Gasteiger partial charge in [-0.1, -0.05) is 17.7 Å². The largest absolute Gasteiger partial charge is 0.478 e. The van der Waals surface area contributed by atoms with Crippen LogP contribution in [0.2, 0.25) is 5.02 Å². The Labute approximate surface area is 175 Å². The number of carbonyl (C=O) groups is 1. The Hall–Kier alpha value is -3.18. The van der Waals surface area contributed by atoms with Crippen LogP contribution in [0.15, 0.2) is 49.1 Å². The highest BCUT2D eigenvalue weighted by molar-refractivity contribution is 6.32. The molecule has 0 spiro atoms. The summed E-state index contributed by atoms with van der Waals surface area (Å²) in [6.07, 6.45) is -2.54. The number of nitriles is 1. The fourth-order valence-corrected chi connectivity index (χ4v) is 2.67. The fourth-order valence-electron chi connectivity index (χ4n) is 2.45. The lowest BCUT2D eigenvalue weighted by atomic mass is 9.99. The molecule has 158 valence electrons. The lowest BCUT2D eigenvalue weighted by Gasteiger charge is -2.26. The predicted molar refractivity (Wildman–Crippen MR) is 104 cm³/mol. The van der Waals surface area contributed by atoms with Crippen LogP contribution in [-0.2, 0) is 11.0 Å². The first-order valence-electron chi connectivity index (χ1n) is 8.62. The Morgan fingerprint density at radius 2 is 1.97 bits per heavy atom. The summed E-state index contributed by atoms with van der Waals surface area (Å²) in [5.41, 5.74) is -2.50. The highest BCUT2D eigenvalue weighted by Gasteiger charge is 2.36. The maximum atomic E-state index is 12.8. The maximum Gasteiger partial charge on any atom is 0.416 e. The van der Waals surface area contributed by atoms with Crippen LogP contribution in [0.25, 0.3) is 0 Å². The zero-order valence-corrected chi connectivity index (χ0v) is 16.5. The van der Waals surface area contributed by atoms with Crippen molar-refractivity contribution in [3.05, 3.63) is 65.2 Å². The number of benzene rings is 2. The van der Waals surface area contributed by atoms with Gasteiger partial charge in [-0.25, -0.2) is 4.79 Å². The summed E-state index contributed by atoms with van der Waals surface area (Å²) >= 11 is 5.89. The van der Waals surface area contributed by atoms with E-state index < -0.39 is 23.3 Å². The molecule has 2 aromatic rings. The molecular weight excluding hydrogens is 423 g/mol. The number of carboxylic acid groups (broad SMARTS) is 1. The minimum Gasteiger partial charge on any atom is -0.478 e. The molecule has 2 rings (SSSR count). The topological polar surface area (TPSA) is 79.5 Å². The molecule has 5 nitrogen and oxygen atoms in total. The highest BCUT2D eigenvalue weighted by atomic mass is 35.5. The molecule has 0 bridgehead atoms. The number of alkyl halides is 3. The summed E-state index contributed by atoms with van der Waals surface area (Å²) in [6.45, 7) is 4.91. The SMILES string of the molecule is C=CCCC(C)(Oc1cc(Oc2ccc(C(F)(F)F)cc2Cl)ccc1C#N)C(=O)O. The fraction of sp³-hybridized carbons (Fsp3) is 0.238. The van der Waals surface area contributed by atoms with E-state index >= 15 is 0 Å². The molecule has 0 aromatic heterocycles. The molecule has 0 heterocycles. The quantitative estimate of drug-likeness (QED) is 0.494. The molecule has 0 aliphatic heterocycles. The van der Waals surface area contributed by atoms with Gasteiger partial charge in [0.15, 0.2) is 0 Å². The lowest BCUT2D eigenvalue weighted by Crippen LogP contribution is -2.41. The van der Waals surface area contributed by atoms with Gasteiger partial charge in [0.25, 0.3) is 0 Å². The first-order valence-corrected chi connectivity index (χ1v) is 9.00. The molecule has 0 saturated heterocycles. The van der Waals surface area contributed by atoms with Crippen molar-refractivity contribution < 1.29 is 32.5 Å². The van der Waals surface area contributed by atoms with E-state index in [0.29, 0.717) is 6.42 Å². The molecular formula is C21H17ClF3NO4. The molecule has 0 saturated carbocycles. The van der Waals surface area contributed by atoms with Crippen LogP contribution in [-0.4, -0.2) is 16.7 Å². The smallest absolute Gasteiger partial charge is 0.416 e. The van der Waals surface area contributed by atoms with Crippen molar-refractivity contribution in [1.82, 2.24) is 0 Å². The minimum absolute atomic E-state index is 0.0482. The van der Waals surface area contributed by atoms with Gasteiger partial charge in [-0.15, -0.1) is 6.58 Å².